The van der Waals surface area contributed by atoms with E-state index < -0.39 is 0 Å². The third kappa shape index (κ3) is 2.23. The van der Waals surface area contributed by atoms with Crippen LogP contribution in [-0.4, -0.2) is 22.2 Å². The summed E-state index contributed by atoms with van der Waals surface area (Å²) in [6.07, 6.45) is 1.71. The number of rotatable bonds is 3. The van der Waals surface area contributed by atoms with Crippen LogP contribution in [0.15, 0.2) is 6.20 Å². The highest BCUT2D eigenvalue weighted by Crippen LogP contribution is 2.08. The van der Waals surface area contributed by atoms with Crippen LogP contribution in [0.3, 0.4) is 0 Å². The monoisotopic (exact) mass is 166 g/mol. The number of aromatic nitrogens is 3. The molecule has 4 nitrogen and oxygen atoms in total. The largest absolute Gasteiger partial charge is 0.313 e. The first-order chi connectivity index (χ1) is 5.74. The maximum absolute atomic E-state index is 4.33. The molecule has 12 heavy (non-hydrogen) atoms. The van der Waals surface area contributed by atoms with Gasteiger partial charge in [0.25, 0.3) is 0 Å². The van der Waals surface area contributed by atoms with Gasteiger partial charge in [-0.25, -0.2) is 4.98 Å². The first-order valence-corrected chi connectivity index (χ1v) is 4.07. The minimum atomic E-state index is 0.413. The van der Waals surface area contributed by atoms with Gasteiger partial charge in [0, 0.05) is 0 Å². The molecular weight excluding hydrogens is 152 g/mol. The summed E-state index contributed by atoms with van der Waals surface area (Å²) in [5, 5.41) is 10.7. The second-order valence-electron chi connectivity index (χ2n) is 2.98. The van der Waals surface area contributed by atoms with Crippen molar-refractivity contribution in [2.75, 3.05) is 7.05 Å². The van der Waals surface area contributed by atoms with E-state index in [0.29, 0.717) is 12.5 Å². The molecule has 1 N–H and O–H groups in total. The molecule has 0 unspecified atom stereocenters. The summed E-state index contributed by atoms with van der Waals surface area (Å²) in [6.45, 7) is 4.86. The average molecular weight is 166 g/mol. The van der Waals surface area contributed by atoms with E-state index in [2.05, 4.69) is 34.3 Å². The van der Waals surface area contributed by atoms with Crippen LogP contribution in [0, 0.1) is 0 Å². The zero-order valence-corrected chi connectivity index (χ0v) is 7.70. The first kappa shape index (κ1) is 9.06. The predicted octanol–water partition coefficient (Wildman–Crippen LogP) is 0.714. The third-order valence-corrected chi connectivity index (χ3v) is 1.55. The SMILES string of the molecule is CNCc1nncc(C(C)C)n1. The van der Waals surface area contributed by atoms with Gasteiger partial charge in [-0.05, 0) is 13.0 Å². The lowest BCUT2D eigenvalue weighted by Crippen LogP contribution is -2.11. The molecule has 0 bridgehead atoms. The Morgan fingerprint density at radius 2 is 2.25 bits per heavy atom. The van der Waals surface area contributed by atoms with Crippen molar-refractivity contribution in [3.05, 3.63) is 17.7 Å². The average Bonchev–Trinajstić information content (AvgIpc) is 2.05. The van der Waals surface area contributed by atoms with Crippen LogP contribution < -0.4 is 5.32 Å². The highest BCUT2D eigenvalue weighted by Gasteiger charge is 2.02. The predicted molar refractivity (Wildman–Crippen MR) is 46.7 cm³/mol. The van der Waals surface area contributed by atoms with Crippen LogP contribution in [0.1, 0.15) is 31.3 Å². The molecule has 0 saturated carbocycles. The van der Waals surface area contributed by atoms with Crippen molar-refractivity contribution in [1.82, 2.24) is 20.5 Å². The molecule has 66 valence electrons. The van der Waals surface area contributed by atoms with Crippen LogP contribution in [0.2, 0.25) is 0 Å². The van der Waals surface area contributed by atoms with Crippen molar-refractivity contribution in [2.45, 2.75) is 26.3 Å². The molecule has 1 aromatic rings. The van der Waals surface area contributed by atoms with Gasteiger partial charge in [-0.15, -0.1) is 5.10 Å². The zero-order valence-electron chi connectivity index (χ0n) is 7.70. The highest BCUT2D eigenvalue weighted by atomic mass is 15.2. The van der Waals surface area contributed by atoms with Gasteiger partial charge in [-0.3, -0.25) is 0 Å². The standard InChI is InChI=1S/C8H14N4/c1-6(2)7-4-10-12-8(11-7)5-9-3/h4,6,9H,5H2,1-3H3. The second-order valence-corrected chi connectivity index (χ2v) is 2.98. The minimum absolute atomic E-state index is 0.413. The van der Waals surface area contributed by atoms with E-state index in [-0.39, 0.29) is 0 Å². The smallest absolute Gasteiger partial charge is 0.165 e. The quantitative estimate of drug-likeness (QED) is 0.718. The van der Waals surface area contributed by atoms with Crippen LogP contribution in [0.4, 0.5) is 0 Å². The van der Waals surface area contributed by atoms with Gasteiger partial charge in [0.15, 0.2) is 5.82 Å². The minimum Gasteiger partial charge on any atom is -0.313 e. The van der Waals surface area contributed by atoms with E-state index in [1.54, 1.807) is 6.20 Å². The lowest BCUT2D eigenvalue weighted by Gasteiger charge is -2.03. The molecule has 0 aliphatic heterocycles. The lowest BCUT2D eigenvalue weighted by atomic mass is 10.1. The van der Waals surface area contributed by atoms with Crippen molar-refractivity contribution in [3.8, 4) is 0 Å². The van der Waals surface area contributed by atoms with Crippen molar-refractivity contribution < 1.29 is 0 Å². The Morgan fingerprint density at radius 1 is 1.50 bits per heavy atom. The Balaban J connectivity index is 2.81. The summed E-state index contributed by atoms with van der Waals surface area (Å²) < 4.78 is 0. The van der Waals surface area contributed by atoms with Gasteiger partial charge in [0.1, 0.15) is 0 Å². The Morgan fingerprint density at radius 3 is 2.83 bits per heavy atom. The van der Waals surface area contributed by atoms with Crippen molar-refractivity contribution in [3.63, 3.8) is 0 Å². The van der Waals surface area contributed by atoms with E-state index in [9.17, 15) is 0 Å². The van der Waals surface area contributed by atoms with Crippen LogP contribution in [0.25, 0.3) is 0 Å². The molecule has 0 amide bonds. The Bertz CT molecular complexity index is 247. The molecule has 0 saturated heterocycles. The zero-order chi connectivity index (χ0) is 8.97. The molecule has 0 spiro atoms. The maximum Gasteiger partial charge on any atom is 0.165 e. The molecule has 1 heterocycles. The molecule has 4 heteroatoms. The molecular formula is C8H14N4. The Hall–Kier alpha value is -1.03. The summed E-state index contributed by atoms with van der Waals surface area (Å²) in [5.74, 6) is 1.17. The van der Waals surface area contributed by atoms with E-state index in [4.69, 9.17) is 0 Å². The summed E-state index contributed by atoms with van der Waals surface area (Å²) >= 11 is 0. The normalized spacial score (nSPS) is 10.7. The molecule has 1 rings (SSSR count). The second kappa shape index (κ2) is 4.11. The third-order valence-electron chi connectivity index (χ3n) is 1.55. The van der Waals surface area contributed by atoms with E-state index >= 15 is 0 Å². The van der Waals surface area contributed by atoms with E-state index in [1.165, 1.54) is 0 Å². The molecule has 1 aromatic heterocycles. The van der Waals surface area contributed by atoms with Crippen LogP contribution >= 0.6 is 0 Å². The van der Waals surface area contributed by atoms with Crippen molar-refractivity contribution in [2.24, 2.45) is 0 Å². The fourth-order valence-corrected chi connectivity index (χ4v) is 0.866. The van der Waals surface area contributed by atoms with Crippen molar-refractivity contribution >= 4 is 0 Å². The number of hydrogen-bond donors (Lipinski definition) is 1. The summed E-state index contributed by atoms with van der Waals surface area (Å²) in [7, 11) is 1.87. The molecule has 0 fully saturated rings. The first-order valence-electron chi connectivity index (χ1n) is 4.07. The molecule has 0 atom stereocenters. The van der Waals surface area contributed by atoms with Crippen LogP contribution in [-0.2, 0) is 6.54 Å². The highest BCUT2D eigenvalue weighted by molar-refractivity contribution is 5.01. The molecule has 0 aromatic carbocycles. The van der Waals surface area contributed by atoms with Crippen molar-refractivity contribution in [1.29, 1.82) is 0 Å². The number of nitrogens with one attached hydrogen (secondary N) is 1. The number of hydrogen-bond acceptors (Lipinski definition) is 4. The van der Waals surface area contributed by atoms with Crippen LogP contribution in [0.5, 0.6) is 0 Å². The van der Waals surface area contributed by atoms with E-state index in [0.717, 1.165) is 11.5 Å². The summed E-state index contributed by atoms with van der Waals surface area (Å²) in [4.78, 5) is 4.33. The lowest BCUT2D eigenvalue weighted by molar-refractivity contribution is 0.693. The Kier molecular flexibility index (Phi) is 3.10. The maximum atomic E-state index is 4.33. The Labute approximate surface area is 72.4 Å². The summed E-state index contributed by atoms with van der Waals surface area (Å²) in [5.41, 5.74) is 0.996. The molecule has 0 aliphatic carbocycles. The van der Waals surface area contributed by atoms with Gasteiger partial charge in [-0.2, -0.15) is 5.10 Å². The fourth-order valence-electron chi connectivity index (χ4n) is 0.866. The van der Waals surface area contributed by atoms with Gasteiger partial charge in [0.05, 0.1) is 18.4 Å². The van der Waals surface area contributed by atoms with Gasteiger partial charge in [0.2, 0.25) is 0 Å². The summed E-state index contributed by atoms with van der Waals surface area (Å²) in [6, 6.07) is 0. The molecule has 0 radical (unpaired) electrons. The topological polar surface area (TPSA) is 50.7 Å². The molecule has 0 aliphatic rings. The van der Waals surface area contributed by atoms with Gasteiger partial charge < -0.3 is 5.32 Å². The van der Waals surface area contributed by atoms with Gasteiger partial charge in [-0.1, -0.05) is 13.8 Å². The van der Waals surface area contributed by atoms with E-state index in [1.807, 2.05) is 7.05 Å². The number of nitrogens with zero attached hydrogens (tertiary/aromatic N) is 3. The van der Waals surface area contributed by atoms with Gasteiger partial charge >= 0.3 is 0 Å². The fraction of sp³-hybridized carbons (Fsp3) is 0.625.